The van der Waals surface area contributed by atoms with Crippen molar-refractivity contribution >= 4 is 17.8 Å². The third kappa shape index (κ3) is 14.9. The van der Waals surface area contributed by atoms with Crippen LogP contribution in [0.25, 0.3) is 45.8 Å². The summed E-state index contributed by atoms with van der Waals surface area (Å²) in [6, 6.07) is 25.9. The number of nitrogens with two attached hydrogens (primary N) is 1. The fraction of sp³-hybridized carbons (Fsp3) is 0.288. The summed E-state index contributed by atoms with van der Waals surface area (Å²) >= 11 is 0. The van der Waals surface area contributed by atoms with E-state index in [2.05, 4.69) is 75.4 Å². The van der Waals surface area contributed by atoms with Crippen LogP contribution in [0.15, 0.2) is 136 Å². The number of guanidine groups is 1. The van der Waals surface area contributed by atoms with E-state index in [1.165, 1.54) is 57.8 Å². The number of nitrogens with one attached hydrogen (secondary N) is 2. The van der Waals surface area contributed by atoms with Gasteiger partial charge in [-0.3, -0.25) is 19.8 Å². The molecule has 382 valence electrons. The van der Waals surface area contributed by atoms with Gasteiger partial charge in [-0.2, -0.15) is 9.97 Å². The van der Waals surface area contributed by atoms with Crippen LogP contribution in [0.4, 0.5) is 0 Å². The number of carbonyl (C=O) groups excluding carboxylic acids is 2. The summed E-state index contributed by atoms with van der Waals surface area (Å²) in [6.45, 7) is 11.6. The molecule has 0 saturated carbocycles. The highest BCUT2D eigenvalue weighted by molar-refractivity contribution is 5.93. The number of carbonyl (C=O) groups is 2. The molecule has 74 heavy (non-hydrogen) atoms. The molecule has 6 aromatic heterocycles. The Morgan fingerprint density at radius 3 is 1.70 bits per heavy atom. The van der Waals surface area contributed by atoms with Gasteiger partial charge < -0.3 is 45.3 Å². The Hall–Kier alpha value is -8.73. The molecular formula is C52H57N15O7. The average Bonchev–Trinajstić information content (AvgIpc) is 4.17. The maximum Gasteiger partial charge on any atom is 0.341 e. The van der Waals surface area contributed by atoms with Crippen molar-refractivity contribution < 1.29 is 33.6 Å². The lowest BCUT2D eigenvalue weighted by Gasteiger charge is -2.33. The normalized spacial score (nSPS) is 12.9. The molecule has 10 rings (SSSR count). The van der Waals surface area contributed by atoms with E-state index in [0.717, 1.165) is 35.7 Å². The minimum Gasteiger partial charge on any atom is -0.465 e. The molecule has 8 aromatic rings. The lowest BCUT2D eigenvalue weighted by Crippen LogP contribution is -2.49. The highest BCUT2D eigenvalue weighted by Crippen LogP contribution is 2.24. The Morgan fingerprint density at radius 1 is 0.689 bits per heavy atom. The zero-order chi connectivity index (χ0) is 52.5. The van der Waals surface area contributed by atoms with Gasteiger partial charge >= 0.3 is 5.97 Å². The Morgan fingerprint density at radius 2 is 1.22 bits per heavy atom. The smallest absolute Gasteiger partial charge is 0.341 e. The first-order chi connectivity index (χ1) is 35.7. The van der Waals surface area contributed by atoms with Crippen LogP contribution in [0, 0.1) is 0 Å². The number of ether oxygens (including phenoxy) is 1. The Bertz CT molecular complexity index is 3080. The highest BCUT2D eigenvalue weighted by Gasteiger charge is 2.26. The van der Waals surface area contributed by atoms with Crippen LogP contribution >= 0.6 is 0 Å². The number of aliphatic hydroxyl groups is 2. The monoisotopic (exact) mass is 1000 g/mol. The SMILES string of the molecule is C1CN=C2NCCCN2C1.CC(C)(O)c1nc(-c2cccc(CN)c2)no1.CC(C)(O)c1nc(-c2cccc(CNC(=O)c3cnc(-c4ccccn4)nc3)c2)no1.COC(=O)c1cnc(-c2ccccn2)nc1. The van der Waals surface area contributed by atoms with Gasteiger partial charge in [-0.05, 0) is 88.1 Å². The molecule has 2 aliphatic rings. The van der Waals surface area contributed by atoms with E-state index in [1.807, 2.05) is 72.8 Å². The summed E-state index contributed by atoms with van der Waals surface area (Å²) in [7, 11) is 1.31. The first kappa shape index (κ1) is 53.1. The highest BCUT2D eigenvalue weighted by atomic mass is 16.5. The van der Waals surface area contributed by atoms with E-state index in [9.17, 15) is 19.8 Å². The average molecular weight is 1000 g/mol. The second-order valence-electron chi connectivity index (χ2n) is 17.6. The van der Waals surface area contributed by atoms with Crippen LogP contribution < -0.4 is 16.4 Å². The van der Waals surface area contributed by atoms with Crippen LogP contribution in [-0.4, -0.2) is 116 Å². The van der Waals surface area contributed by atoms with Crippen LogP contribution in [0.3, 0.4) is 0 Å². The Kier molecular flexibility index (Phi) is 18.0. The van der Waals surface area contributed by atoms with E-state index in [1.54, 1.807) is 52.2 Å². The molecule has 0 spiro atoms. The van der Waals surface area contributed by atoms with Gasteiger partial charge in [0.25, 0.3) is 17.7 Å². The van der Waals surface area contributed by atoms with Crippen molar-refractivity contribution in [1.82, 2.24) is 65.7 Å². The predicted molar refractivity (Wildman–Crippen MR) is 272 cm³/mol. The van der Waals surface area contributed by atoms with Gasteiger partial charge in [-0.15, -0.1) is 0 Å². The minimum absolute atomic E-state index is 0.135. The first-order valence-electron chi connectivity index (χ1n) is 23.6. The summed E-state index contributed by atoms with van der Waals surface area (Å²) in [5, 5.41) is 33.6. The molecule has 0 bridgehead atoms. The number of hydrogen-bond donors (Lipinski definition) is 5. The zero-order valence-corrected chi connectivity index (χ0v) is 41.6. The number of rotatable bonds is 11. The third-order valence-electron chi connectivity index (χ3n) is 10.8. The van der Waals surface area contributed by atoms with E-state index in [-0.39, 0.29) is 17.7 Å². The van der Waals surface area contributed by atoms with Crippen LogP contribution in [0.2, 0.25) is 0 Å². The number of hydrogen-bond acceptors (Lipinski definition) is 21. The molecule has 8 heterocycles. The molecule has 6 N–H and O–H groups in total. The second-order valence-corrected chi connectivity index (χ2v) is 17.6. The Labute approximate surface area is 426 Å². The van der Waals surface area contributed by atoms with Crippen molar-refractivity contribution in [3.8, 4) is 45.8 Å². The minimum atomic E-state index is -1.22. The molecule has 0 radical (unpaired) electrons. The van der Waals surface area contributed by atoms with E-state index >= 15 is 0 Å². The van der Waals surface area contributed by atoms with Crippen molar-refractivity contribution in [2.24, 2.45) is 10.7 Å². The largest absolute Gasteiger partial charge is 0.465 e. The van der Waals surface area contributed by atoms with Crippen molar-refractivity contribution in [3.05, 3.63) is 156 Å². The van der Waals surface area contributed by atoms with Crippen LogP contribution in [0.1, 0.15) is 84.2 Å². The molecule has 0 atom stereocenters. The zero-order valence-electron chi connectivity index (χ0n) is 41.6. The summed E-state index contributed by atoms with van der Waals surface area (Å²) in [5.41, 5.74) is 8.59. The van der Waals surface area contributed by atoms with Crippen LogP contribution in [-0.2, 0) is 29.0 Å². The molecule has 1 fully saturated rings. The number of aromatic nitrogens is 10. The topological polar surface area (TPSA) is 305 Å². The molecule has 2 aliphatic heterocycles. The predicted octanol–water partition coefficient (Wildman–Crippen LogP) is 5.54. The van der Waals surface area contributed by atoms with Gasteiger partial charge in [0.05, 0.1) is 18.2 Å². The number of aliphatic imine (C=N–C) groups is 1. The van der Waals surface area contributed by atoms with E-state index in [0.29, 0.717) is 64.5 Å². The quantitative estimate of drug-likeness (QED) is 0.0994. The Balaban J connectivity index is 0.000000157. The molecule has 0 unspecified atom stereocenters. The summed E-state index contributed by atoms with van der Waals surface area (Å²) in [5.74, 6) is 2.48. The first-order valence-corrected chi connectivity index (χ1v) is 23.6. The van der Waals surface area contributed by atoms with Gasteiger partial charge in [0.2, 0.25) is 11.6 Å². The molecule has 22 heteroatoms. The van der Waals surface area contributed by atoms with Gasteiger partial charge in [-0.1, -0.05) is 58.8 Å². The maximum absolute atomic E-state index is 12.5. The van der Waals surface area contributed by atoms with Gasteiger partial charge in [0.15, 0.2) is 17.6 Å². The van der Waals surface area contributed by atoms with Crippen molar-refractivity contribution in [3.63, 3.8) is 0 Å². The summed E-state index contributed by atoms with van der Waals surface area (Å²) in [6.07, 6.45) is 11.6. The van der Waals surface area contributed by atoms with E-state index in [4.69, 9.17) is 14.8 Å². The number of esters is 1. The molecule has 2 aromatic carbocycles. The van der Waals surface area contributed by atoms with Gasteiger partial charge in [0, 0.05) is 87.6 Å². The lowest BCUT2D eigenvalue weighted by atomic mass is 10.1. The fourth-order valence-electron chi connectivity index (χ4n) is 6.88. The maximum atomic E-state index is 12.5. The number of fused-ring (bicyclic) bond motifs is 1. The third-order valence-corrected chi connectivity index (χ3v) is 10.8. The number of benzene rings is 2. The number of methoxy groups -OCH3 is 1. The van der Waals surface area contributed by atoms with Crippen LogP contribution in [0.5, 0.6) is 0 Å². The second kappa shape index (κ2) is 25.1. The number of amides is 1. The van der Waals surface area contributed by atoms with Crippen molar-refractivity contribution in [2.75, 3.05) is 33.3 Å². The lowest BCUT2D eigenvalue weighted by molar-refractivity contribution is 0.0417. The summed E-state index contributed by atoms with van der Waals surface area (Å²) < 4.78 is 14.7. The van der Waals surface area contributed by atoms with Crippen molar-refractivity contribution in [2.45, 2.75) is 64.8 Å². The van der Waals surface area contributed by atoms with Gasteiger partial charge in [0.1, 0.15) is 22.6 Å². The molecule has 1 saturated heterocycles. The summed E-state index contributed by atoms with van der Waals surface area (Å²) in [4.78, 5) is 63.5. The molecule has 1 amide bonds. The number of pyridine rings is 2. The number of nitrogens with zero attached hydrogens (tertiary/aromatic N) is 12. The standard InChI is InChI=1S/C22H20N6O3.C12H15N3O2.C11H9N3O2.C7H13N3/c1-22(2,30)21-27-18(28-31-21)15-7-5-6-14(10-15)11-26-20(29)16-12-24-19(25-13-16)17-8-3-4-9-23-17;1-12(2,16)11-14-10(15-17-11)9-5-3-4-8(6-9)7-13;1-16-11(15)8-6-13-10(14-7-8)9-4-2-3-5-12-9;1-3-8-7-9-4-2-6-10(7)5-1/h3-10,12-13,30H,11H2,1-2H3,(H,26,29);3-6,16H,7,13H2,1-2H3;2-7H,1H3;1-6H2,(H,8,9). The fourth-order valence-corrected chi connectivity index (χ4v) is 6.88. The van der Waals surface area contributed by atoms with Gasteiger partial charge in [-0.25, -0.2) is 24.7 Å². The van der Waals surface area contributed by atoms with Crippen molar-refractivity contribution in [1.29, 1.82) is 0 Å². The molecule has 0 aliphatic carbocycles. The van der Waals surface area contributed by atoms with E-state index < -0.39 is 17.2 Å². The molecule has 22 nitrogen and oxygen atoms in total. The molecular weight excluding hydrogens is 947 g/mol.